The number of thiophene rings is 1. The van der Waals surface area contributed by atoms with Crippen LogP contribution in [-0.4, -0.2) is 91.2 Å². The van der Waals surface area contributed by atoms with Gasteiger partial charge in [0.25, 0.3) is 5.91 Å². The molecule has 0 aromatic carbocycles. The van der Waals surface area contributed by atoms with Gasteiger partial charge in [-0.1, -0.05) is 6.07 Å². The van der Waals surface area contributed by atoms with Crippen LogP contribution in [0.2, 0.25) is 0 Å². The third-order valence-corrected chi connectivity index (χ3v) is 8.49. The van der Waals surface area contributed by atoms with Crippen molar-refractivity contribution in [3.8, 4) is 0 Å². The van der Waals surface area contributed by atoms with E-state index in [-0.39, 0.29) is 35.4 Å². The molecule has 3 aliphatic heterocycles. The van der Waals surface area contributed by atoms with Gasteiger partial charge in [-0.3, -0.25) is 14.5 Å². The SMILES string of the molecule is O=C([C@@H]1CCCN1C(=O)c1cccs1)N1CCN([C@H]2CCS(=O)(=O)C2)CC1. The number of hydrogen-bond acceptors (Lipinski definition) is 6. The maximum Gasteiger partial charge on any atom is 0.264 e. The molecular weight excluding hydrogens is 386 g/mol. The van der Waals surface area contributed by atoms with Crippen molar-refractivity contribution in [1.82, 2.24) is 14.7 Å². The van der Waals surface area contributed by atoms with Crippen LogP contribution in [0.4, 0.5) is 0 Å². The summed E-state index contributed by atoms with van der Waals surface area (Å²) in [6.45, 7) is 3.25. The van der Waals surface area contributed by atoms with E-state index in [9.17, 15) is 18.0 Å². The molecule has 1 aromatic heterocycles. The lowest BCUT2D eigenvalue weighted by Gasteiger charge is -2.39. The van der Waals surface area contributed by atoms with Crippen molar-refractivity contribution in [1.29, 1.82) is 0 Å². The summed E-state index contributed by atoms with van der Waals surface area (Å²) in [5.74, 6) is 0.512. The second kappa shape index (κ2) is 7.52. The van der Waals surface area contributed by atoms with Gasteiger partial charge < -0.3 is 9.80 Å². The second-order valence-corrected chi connectivity index (χ2v) is 10.7. The monoisotopic (exact) mass is 411 g/mol. The number of rotatable bonds is 3. The molecule has 1 aromatic rings. The standard InChI is InChI=1S/C18H25N3O4S2/c22-17(15-3-1-6-21(15)18(23)16-4-2-11-26-16)20-9-7-19(8-10-20)14-5-12-27(24,25)13-14/h2,4,11,14-15H,1,3,5-10,12-13H2/t14-,15-/m0/s1. The minimum atomic E-state index is -2.89. The van der Waals surface area contributed by atoms with Crippen LogP contribution in [-0.2, 0) is 14.6 Å². The van der Waals surface area contributed by atoms with Gasteiger partial charge >= 0.3 is 0 Å². The first kappa shape index (κ1) is 18.9. The summed E-state index contributed by atoms with van der Waals surface area (Å²) in [6.07, 6.45) is 2.27. The van der Waals surface area contributed by atoms with Gasteiger partial charge in [0, 0.05) is 38.8 Å². The molecule has 4 heterocycles. The Morgan fingerprint density at radius 1 is 1.07 bits per heavy atom. The molecule has 7 nitrogen and oxygen atoms in total. The summed E-state index contributed by atoms with van der Waals surface area (Å²) in [5.41, 5.74) is 0. The van der Waals surface area contributed by atoms with Crippen molar-refractivity contribution in [2.75, 3.05) is 44.2 Å². The minimum Gasteiger partial charge on any atom is -0.338 e. The van der Waals surface area contributed by atoms with E-state index in [1.807, 2.05) is 16.3 Å². The molecule has 148 valence electrons. The number of piperazine rings is 1. The highest BCUT2D eigenvalue weighted by molar-refractivity contribution is 7.91. The zero-order valence-electron chi connectivity index (χ0n) is 15.2. The molecule has 0 saturated carbocycles. The molecule has 4 rings (SSSR count). The molecule has 2 amide bonds. The molecule has 3 aliphatic rings. The Balaban J connectivity index is 1.35. The van der Waals surface area contributed by atoms with Gasteiger partial charge in [0.2, 0.25) is 5.91 Å². The highest BCUT2D eigenvalue weighted by Crippen LogP contribution is 2.25. The van der Waals surface area contributed by atoms with Crippen molar-refractivity contribution >= 4 is 33.0 Å². The number of hydrogen-bond donors (Lipinski definition) is 0. The van der Waals surface area contributed by atoms with Gasteiger partial charge in [-0.05, 0) is 30.7 Å². The van der Waals surface area contributed by atoms with Gasteiger partial charge in [-0.25, -0.2) is 8.42 Å². The van der Waals surface area contributed by atoms with E-state index in [1.165, 1.54) is 11.3 Å². The molecule has 0 aliphatic carbocycles. The van der Waals surface area contributed by atoms with E-state index >= 15 is 0 Å². The first-order valence-corrected chi connectivity index (χ1v) is 12.2. The van der Waals surface area contributed by atoms with E-state index < -0.39 is 9.84 Å². The normalized spacial score (nSPS) is 28.6. The van der Waals surface area contributed by atoms with E-state index in [0.29, 0.717) is 44.0 Å². The van der Waals surface area contributed by atoms with E-state index in [2.05, 4.69) is 4.90 Å². The van der Waals surface area contributed by atoms with Gasteiger partial charge in [0.1, 0.15) is 6.04 Å². The Morgan fingerprint density at radius 2 is 1.85 bits per heavy atom. The number of amides is 2. The average Bonchev–Trinajstić information content (AvgIpc) is 3.41. The fraction of sp³-hybridized carbons (Fsp3) is 0.667. The predicted molar refractivity (Wildman–Crippen MR) is 104 cm³/mol. The van der Waals surface area contributed by atoms with Gasteiger partial charge in [-0.15, -0.1) is 11.3 Å². The summed E-state index contributed by atoms with van der Waals surface area (Å²) < 4.78 is 23.4. The minimum absolute atomic E-state index is 0.0381. The molecule has 0 spiro atoms. The molecule has 0 unspecified atom stereocenters. The van der Waals surface area contributed by atoms with Gasteiger partial charge in [0.05, 0.1) is 16.4 Å². The van der Waals surface area contributed by atoms with Crippen LogP contribution >= 0.6 is 11.3 Å². The van der Waals surface area contributed by atoms with Crippen LogP contribution in [0.25, 0.3) is 0 Å². The Hall–Kier alpha value is -1.45. The topological polar surface area (TPSA) is 78.0 Å². The van der Waals surface area contributed by atoms with E-state index in [4.69, 9.17) is 0 Å². The fourth-order valence-electron chi connectivity index (χ4n) is 4.39. The summed E-state index contributed by atoms with van der Waals surface area (Å²) in [5, 5.41) is 1.88. The lowest BCUT2D eigenvalue weighted by Crippen LogP contribution is -2.56. The zero-order chi connectivity index (χ0) is 19.0. The van der Waals surface area contributed by atoms with Crippen molar-refractivity contribution in [2.45, 2.75) is 31.3 Å². The number of likely N-dealkylation sites (tertiary alicyclic amines) is 1. The molecule has 3 saturated heterocycles. The summed E-state index contributed by atoms with van der Waals surface area (Å²) in [6, 6.07) is 3.39. The Morgan fingerprint density at radius 3 is 2.48 bits per heavy atom. The van der Waals surface area contributed by atoms with Crippen molar-refractivity contribution in [3.63, 3.8) is 0 Å². The largest absolute Gasteiger partial charge is 0.338 e. The third-order valence-electron chi connectivity index (χ3n) is 5.88. The van der Waals surface area contributed by atoms with Gasteiger partial charge in [-0.2, -0.15) is 0 Å². The molecule has 9 heteroatoms. The maximum absolute atomic E-state index is 13.0. The number of nitrogens with zero attached hydrogens (tertiary/aromatic N) is 3. The lowest BCUT2D eigenvalue weighted by atomic mass is 10.1. The maximum atomic E-state index is 13.0. The number of carbonyl (C=O) groups excluding carboxylic acids is 2. The Bertz CT molecular complexity index is 801. The van der Waals surface area contributed by atoms with E-state index in [0.717, 1.165) is 12.8 Å². The van der Waals surface area contributed by atoms with Crippen LogP contribution in [0, 0.1) is 0 Å². The summed E-state index contributed by atoms with van der Waals surface area (Å²) in [7, 11) is -2.89. The van der Waals surface area contributed by atoms with Crippen LogP contribution in [0.15, 0.2) is 17.5 Å². The third kappa shape index (κ3) is 3.90. The van der Waals surface area contributed by atoms with Crippen molar-refractivity contribution in [3.05, 3.63) is 22.4 Å². The Labute approximate surface area is 163 Å². The van der Waals surface area contributed by atoms with Crippen molar-refractivity contribution in [2.24, 2.45) is 0 Å². The zero-order valence-corrected chi connectivity index (χ0v) is 16.9. The molecule has 0 N–H and O–H groups in total. The first-order valence-electron chi connectivity index (χ1n) is 9.52. The lowest BCUT2D eigenvalue weighted by molar-refractivity contribution is -0.137. The molecule has 0 radical (unpaired) electrons. The fourth-order valence-corrected chi connectivity index (χ4v) is 6.83. The van der Waals surface area contributed by atoms with Crippen LogP contribution in [0.5, 0.6) is 0 Å². The van der Waals surface area contributed by atoms with E-state index in [1.54, 1.807) is 11.0 Å². The Kier molecular flexibility index (Phi) is 5.26. The van der Waals surface area contributed by atoms with Crippen LogP contribution < -0.4 is 0 Å². The molecule has 2 atom stereocenters. The second-order valence-electron chi connectivity index (χ2n) is 7.55. The predicted octanol–water partition coefficient (Wildman–Crippen LogP) is 0.684. The average molecular weight is 412 g/mol. The smallest absolute Gasteiger partial charge is 0.264 e. The number of sulfone groups is 1. The molecule has 27 heavy (non-hydrogen) atoms. The number of carbonyl (C=O) groups is 2. The summed E-state index contributed by atoms with van der Waals surface area (Å²) in [4.78, 5) is 32.2. The first-order chi connectivity index (χ1) is 12.9. The molecule has 3 fully saturated rings. The summed E-state index contributed by atoms with van der Waals surface area (Å²) >= 11 is 1.41. The molecular formula is C18H25N3O4S2. The quantitative estimate of drug-likeness (QED) is 0.731. The molecule has 0 bridgehead atoms. The highest BCUT2D eigenvalue weighted by Gasteiger charge is 2.39. The highest BCUT2D eigenvalue weighted by atomic mass is 32.2. The van der Waals surface area contributed by atoms with Crippen molar-refractivity contribution < 1.29 is 18.0 Å². The van der Waals surface area contributed by atoms with Crippen LogP contribution in [0.1, 0.15) is 28.9 Å². The van der Waals surface area contributed by atoms with Gasteiger partial charge in [0.15, 0.2) is 9.84 Å². The van der Waals surface area contributed by atoms with Crippen LogP contribution in [0.3, 0.4) is 0 Å².